The topological polar surface area (TPSA) is 118 Å². The van der Waals surface area contributed by atoms with Crippen molar-refractivity contribution in [1.82, 2.24) is 24.8 Å². The van der Waals surface area contributed by atoms with Gasteiger partial charge in [-0.05, 0) is 24.0 Å². The van der Waals surface area contributed by atoms with Crippen LogP contribution in [0.25, 0.3) is 10.2 Å². The molecule has 0 radical (unpaired) electrons. The lowest BCUT2D eigenvalue weighted by Crippen LogP contribution is -2.42. The van der Waals surface area contributed by atoms with E-state index in [1.165, 1.54) is 11.3 Å². The van der Waals surface area contributed by atoms with E-state index >= 15 is 0 Å². The first kappa shape index (κ1) is 20.8. The lowest BCUT2D eigenvalue weighted by molar-refractivity contribution is -0.0221. The molecule has 4 rings (SSSR count). The highest BCUT2D eigenvalue weighted by Gasteiger charge is 2.33. The fourth-order valence-electron chi connectivity index (χ4n) is 3.44. The number of morpholine rings is 1. The van der Waals surface area contributed by atoms with E-state index in [4.69, 9.17) is 9.84 Å². The van der Waals surface area contributed by atoms with Gasteiger partial charge < -0.3 is 20.1 Å². The SMILES string of the molecule is CCc1nnsc1C(=O)N1CCOC(c2c(C(=O)NCCO)sc3ncccc23)C1. The van der Waals surface area contributed by atoms with Gasteiger partial charge in [0.2, 0.25) is 0 Å². The number of carbonyl (C=O) groups excluding carboxylic acids is 2. The Morgan fingerprint density at radius 1 is 1.40 bits per heavy atom. The first-order chi connectivity index (χ1) is 14.6. The third-order valence-electron chi connectivity index (χ3n) is 4.87. The van der Waals surface area contributed by atoms with Crippen molar-refractivity contribution in [2.45, 2.75) is 19.4 Å². The second kappa shape index (κ2) is 9.13. The number of carbonyl (C=O) groups is 2. The Morgan fingerprint density at radius 3 is 3.07 bits per heavy atom. The minimum Gasteiger partial charge on any atom is -0.395 e. The largest absolute Gasteiger partial charge is 0.395 e. The number of hydrogen-bond donors (Lipinski definition) is 2. The zero-order valence-corrected chi connectivity index (χ0v) is 18.0. The molecule has 1 unspecified atom stereocenters. The van der Waals surface area contributed by atoms with E-state index in [2.05, 4.69) is 19.9 Å². The van der Waals surface area contributed by atoms with E-state index in [-0.39, 0.29) is 25.0 Å². The van der Waals surface area contributed by atoms with Crippen LogP contribution in [0.5, 0.6) is 0 Å². The number of rotatable bonds is 6. The maximum Gasteiger partial charge on any atom is 0.267 e. The molecular weight excluding hydrogens is 426 g/mol. The minimum absolute atomic E-state index is 0.112. The molecule has 11 heteroatoms. The lowest BCUT2D eigenvalue weighted by Gasteiger charge is -2.33. The van der Waals surface area contributed by atoms with Crippen LogP contribution in [0.2, 0.25) is 0 Å². The van der Waals surface area contributed by atoms with Gasteiger partial charge >= 0.3 is 0 Å². The molecule has 3 aromatic heterocycles. The summed E-state index contributed by atoms with van der Waals surface area (Å²) < 4.78 is 9.93. The normalized spacial score (nSPS) is 16.7. The summed E-state index contributed by atoms with van der Waals surface area (Å²) in [5.74, 6) is -0.395. The summed E-state index contributed by atoms with van der Waals surface area (Å²) >= 11 is 2.39. The summed E-state index contributed by atoms with van der Waals surface area (Å²) in [6.07, 6.45) is 1.86. The number of pyridine rings is 1. The van der Waals surface area contributed by atoms with Crippen molar-refractivity contribution in [1.29, 1.82) is 0 Å². The van der Waals surface area contributed by atoms with Gasteiger partial charge in [-0.15, -0.1) is 16.4 Å². The number of aryl methyl sites for hydroxylation is 1. The number of aliphatic hydroxyl groups excluding tert-OH is 1. The van der Waals surface area contributed by atoms with Crippen LogP contribution in [0.1, 0.15) is 43.6 Å². The molecule has 9 nitrogen and oxygen atoms in total. The predicted molar refractivity (Wildman–Crippen MR) is 113 cm³/mol. The van der Waals surface area contributed by atoms with Gasteiger partial charge in [-0.1, -0.05) is 17.5 Å². The van der Waals surface area contributed by atoms with Crippen LogP contribution in [0.3, 0.4) is 0 Å². The number of ether oxygens (including phenoxy) is 1. The van der Waals surface area contributed by atoms with Gasteiger partial charge in [-0.2, -0.15) is 0 Å². The number of aromatic nitrogens is 3. The molecule has 2 amide bonds. The number of nitrogens with one attached hydrogen (secondary N) is 1. The molecule has 158 valence electrons. The Kier molecular flexibility index (Phi) is 6.32. The summed E-state index contributed by atoms with van der Waals surface area (Å²) in [4.78, 5) is 33.7. The summed E-state index contributed by atoms with van der Waals surface area (Å²) in [6, 6.07) is 3.72. The zero-order valence-electron chi connectivity index (χ0n) is 16.3. The van der Waals surface area contributed by atoms with Crippen LogP contribution >= 0.6 is 22.9 Å². The molecule has 1 saturated heterocycles. The maximum atomic E-state index is 13.1. The molecule has 1 fully saturated rings. The molecule has 2 N–H and O–H groups in total. The van der Waals surface area contributed by atoms with Crippen molar-refractivity contribution in [3.8, 4) is 0 Å². The van der Waals surface area contributed by atoms with Gasteiger partial charge in [0, 0.05) is 30.2 Å². The summed E-state index contributed by atoms with van der Waals surface area (Å²) in [6.45, 7) is 3.10. The molecule has 0 aliphatic carbocycles. The van der Waals surface area contributed by atoms with E-state index in [0.29, 0.717) is 41.6 Å². The molecule has 0 spiro atoms. The summed E-state index contributed by atoms with van der Waals surface area (Å²) in [5, 5.41) is 16.6. The second-order valence-electron chi connectivity index (χ2n) is 6.69. The van der Waals surface area contributed by atoms with Gasteiger partial charge in [0.15, 0.2) is 0 Å². The van der Waals surface area contributed by atoms with E-state index in [1.54, 1.807) is 11.1 Å². The number of thiophene rings is 1. The van der Waals surface area contributed by atoms with Crippen molar-refractivity contribution in [3.05, 3.63) is 39.3 Å². The van der Waals surface area contributed by atoms with Crippen molar-refractivity contribution >= 4 is 44.9 Å². The first-order valence-corrected chi connectivity index (χ1v) is 11.2. The van der Waals surface area contributed by atoms with Crippen molar-refractivity contribution in [2.75, 3.05) is 32.8 Å². The Hall–Kier alpha value is -2.47. The highest BCUT2D eigenvalue weighted by molar-refractivity contribution is 7.20. The van der Waals surface area contributed by atoms with Crippen LogP contribution in [0, 0.1) is 0 Å². The van der Waals surface area contributed by atoms with Gasteiger partial charge in [0.1, 0.15) is 20.7 Å². The zero-order chi connectivity index (χ0) is 21.1. The third-order valence-corrected chi connectivity index (χ3v) is 6.75. The van der Waals surface area contributed by atoms with Crippen LogP contribution in [0.4, 0.5) is 0 Å². The number of fused-ring (bicyclic) bond motifs is 1. The summed E-state index contributed by atoms with van der Waals surface area (Å²) in [7, 11) is 0. The molecule has 1 aliphatic heterocycles. The van der Waals surface area contributed by atoms with E-state index in [1.807, 2.05) is 19.1 Å². The standard InChI is InChI=1S/C19H21N5O4S2/c1-2-12-15(30-23-22-12)19(27)24-7-9-28-13(10-24)14-11-4-3-5-21-18(11)29-16(14)17(26)20-6-8-25/h3-5,13,25H,2,6-10H2,1H3,(H,20,26). The number of aliphatic hydroxyl groups is 1. The molecule has 1 aliphatic rings. The Bertz CT molecular complexity index is 1070. The van der Waals surface area contributed by atoms with Crippen molar-refractivity contribution < 1.29 is 19.4 Å². The van der Waals surface area contributed by atoms with Gasteiger partial charge in [-0.25, -0.2) is 4.98 Å². The molecule has 1 atom stereocenters. The lowest BCUT2D eigenvalue weighted by atomic mass is 10.0. The third kappa shape index (κ3) is 3.93. The van der Waals surface area contributed by atoms with E-state index < -0.39 is 6.10 Å². The number of amides is 2. The van der Waals surface area contributed by atoms with Gasteiger partial charge in [0.25, 0.3) is 11.8 Å². The molecular formula is C19H21N5O4S2. The molecule has 0 bridgehead atoms. The maximum absolute atomic E-state index is 13.1. The fraction of sp³-hybridized carbons (Fsp3) is 0.421. The van der Waals surface area contributed by atoms with E-state index in [9.17, 15) is 9.59 Å². The Labute approximate surface area is 180 Å². The summed E-state index contributed by atoms with van der Waals surface area (Å²) in [5.41, 5.74) is 1.43. The van der Waals surface area contributed by atoms with Crippen LogP contribution in [-0.4, -0.2) is 69.2 Å². The average Bonchev–Trinajstić information content (AvgIpc) is 3.41. The van der Waals surface area contributed by atoms with Crippen molar-refractivity contribution in [2.24, 2.45) is 0 Å². The van der Waals surface area contributed by atoms with Gasteiger partial charge in [0.05, 0.1) is 25.5 Å². The quantitative estimate of drug-likeness (QED) is 0.590. The van der Waals surface area contributed by atoms with Crippen molar-refractivity contribution in [3.63, 3.8) is 0 Å². The molecule has 0 saturated carbocycles. The molecule has 3 aromatic rings. The van der Waals surface area contributed by atoms with Crippen LogP contribution in [-0.2, 0) is 11.2 Å². The average molecular weight is 448 g/mol. The smallest absolute Gasteiger partial charge is 0.267 e. The van der Waals surface area contributed by atoms with E-state index in [0.717, 1.165) is 27.3 Å². The highest BCUT2D eigenvalue weighted by Crippen LogP contribution is 2.37. The first-order valence-electron chi connectivity index (χ1n) is 9.62. The monoisotopic (exact) mass is 447 g/mol. The Morgan fingerprint density at radius 2 is 2.27 bits per heavy atom. The highest BCUT2D eigenvalue weighted by atomic mass is 32.1. The Balaban J connectivity index is 1.66. The van der Waals surface area contributed by atoms with Gasteiger partial charge in [-0.3, -0.25) is 9.59 Å². The molecule has 0 aromatic carbocycles. The minimum atomic E-state index is -0.457. The second-order valence-corrected chi connectivity index (χ2v) is 8.45. The predicted octanol–water partition coefficient (Wildman–Crippen LogP) is 1.65. The molecule has 4 heterocycles. The molecule has 30 heavy (non-hydrogen) atoms. The fourth-order valence-corrected chi connectivity index (χ4v) is 5.27. The van der Waals surface area contributed by atoms with Crippen LogP contribution < -0.4 is 5.32 Å². The number of hydrogen-bond acceptors (Lipinski definition) is 9. The number of nitrogens with zero attached hydrogens (tertiary/aromatic N) is 4. The van der Waals surface area contributed by atoms with Crippen LogP contribution in [0.15, 0.2) is 18.3 Å².